The fraction of sp³-hybridized carbons (Fsp3) is 1.00. The maximum atomic E-state index is 3.78. The molecule has 0 aromatic rings. The van der Waals surface area contributed by atoms with Gasteiger partial charge >= 0.3 is 0 Å². The van der Waals surface area contributed by atoms with Gasteiger partial charge in [0.25, 0.3) is 0 Å². The van der Waals surface area contributed by atoms with Crippen molar-refractivity contribution in [1.29, 1.82) is 0 Å². The molecule has 1 saturated heterocycles. The Balaban J connectivity index is 1.40. The molecular weight excluding hydrogens is 196 g/mol. The molecule has 2 heteroatoms. The smallest absolute Gasteiger partial charge is 0.0224 e. The van der Waals surface area contributed by atoms with Gasteiger partial charge in [-0.15, -0.1) is 0 Å². The van der Waals surface area contributed by atoms with E-state index < -0.39 is 0 Å². The molecule has 1 heterocycles. The molecule has 2 N–H and O–H groups in total. The molecule has 92 valence electrons. The van der Waals surface area contributed by atoms with E-state index in [1.54, 1.807) is 0 Å². The number of fused-ring (bicyclic) bond motifs is 1. The van der Waals surface area contributed by atoms with Crippen molar-refractivity contribution >= 4 is 0 Å². The molecule has 0 bridgehead atoms. The van der Waals surface area contributed by atoms with E-state index in [-0.39, 0.29) is 0 Å². The summed E-state index contributed by atoms with van der Waals surface area (Å²) >= 11 is 0. The fourth-order valence-corrected chi connectivity index (χ4v) is 3.99. The summed E-state index contributed by atoms with van der Waals surface area (Å²) in [7, 11) is 0. The van der Waals surface area contributed by atoms with E-state index in [9.17, 15) is 0 Å². The van der Waals surface area contributed by atoms with Crippen LogP contribution in [0.3, 0.4) is 0 Å². The summed E-state index contributed by atoms with van der Waals surface area (Å²) in [5.41, 5.74) is 0. The monoisotopic (exact) mass is 222 g/mol. The summed E-state index contributed by atoms with van der Waals surface area (Å²) in [6.45, 7) is 4.82. The number of rotatable bonds is 5. The summed E-state index contributed by atoms with van der Waals surface area (Å²) in [4.78, 5) is 0. The van der Waals surface area contributed by atoms with Crippen molar-refractivity contribution in [3.05, 3.63) is 0 Å². The molecule has 0 aromatic heterocycles. The van der Waals surface area contributed by atoms with Gasteiger partial charge in [0.2, 0.25) is 0 Å². The molecule has 2 aliphatic carbocycles. The lowest BCUT2D eigenvalue weighted by Gasteiger charge is -2.18. The normalized spacial score (nSPS) is 45.9. The Hall–Kier alpha value is -0.0800. The topological polar surface area (TPSA) is 24.1 Å². The van der Waals surface area contributed by atoms with E-state index in [1.165, 1.54) is 51.6 Å². The first-order valence-electron chi connectivity index (χ1n) is 7.35. The zero-order valence-corrected chi connectivity index (χ0v) is 10.5. The van der Waals surface area contributed by atoms with Crippen LogP contribution < -0.4 is 10.6 Å². The minimum Gasteiger partial charge on any atom is -0.312 e. The molecule has 5 unspecified atom stereocenters. The Morgan fingerprint density at radius 3 is 3.12 bits per heavy atom. The van der Waals surface area contributed by atoms with Crippen LogP contribution in [0.4, 0.5) is 0 Å². The Kier molecular flexibility index (Phi) is 3.21. The molecule has 0 amide bonds. The van der Waals surface area contributed by atoms with Gasteiger partial charge < -0.3 is 10.6 Å². The summed E-state index contributed by atoms with van der Waals surface area (Å²) in [5.74, 6) is 3.01. The molecule has 16 heavy (non-hydrogen) atoms. The lowest BCUT2D eigenvalue weighted by atomic mass is 9.94. The predicted molar refractivity (Wildman–Crippen MR) is 67.4 cm³/mol. The van der Waals surface area contributed by atoms with E-state index in [0.29, 0.717) is 0 Å². The highest BCUT2D eigenvalue weighted by molar-refractivity contribution is 4.98. The van der Waals surface area contributed by atoms with Crippen molar-refractivity contribution in [3.63, 3.8) is 0 Å². The zero-order chi connectivity index (χ0) is 11.0. The molecule has 3 fully saturated rings. The molecule has 0 spiro atoms. The Bertz CT molecular complexity index is 241. The van der Waals surface area contributed by atoms with E-state index >= 15 is 0 Å². The summed E-state index contributed by atoms with van der Waals surface area (Å²) in [6.07, 6.45) is 8.67. The first-order valence-corrected chi connectivity index (χ1v) is 7.35. The molecule has 2 nitrogen and oxygen atoms in total. The Labute approximate surface area is 99.6 Å². The minimum absolute atomic E-state index is 0.787. The number of hydrogen-bond acceptors (Lipinski definition) is 2. The molecule has 5 atom stereocenters. The van der Waals surface area contributed by atoms with Gasteiger partial charge in [0, 0.05) is 18.6 Å². The summed E-state index contributed by atoms with van der Waals surface area (Å²) in [5, 5.41) is 7.51. The van der Waals surface area contributed by atoms with Crippen molar-refractivity contribution in [3.8, 4) is 0 Å². The average Bonchev–Trinajstić information content (AvgIpc) is 2.73. The second-order valence-corrected chi connectivity index (χ2v) is 6.17. The number of nitrogens with one attached hydrogen (secondary N) is 2. The Morgan fingerprint density at radius 2 is 2.25 bits per heavy atom. The fourth-order valence-electron chi connectivity index (χ4n) is 3.99. The van der Waals surface area contributed by atoms with Crippen molar-refractivity contribution in [2.45, 2.75) is 57.5 Å². The largest absolute Gasteiger partial charge is 0.312 e. The van der Waals surface area contributed by atoms with Crippen molar-refractivity contribution in [1.82, 2.24) is 10.6 Å². The molecule has 3 aliphatic rings. The highest BCUT2D eigenvalue weighted by Crippen LogP contribution is 2.38. The maximum Gasteiger partial charge on any atom is 0.0224 e. The second-order valence-electron chi connectivity index (χ2n) is 6.17. The van der Waals surface area contributed by atoms with Crippen LogP contribution in [-0.2, 0) is 0 Å². The van der Waals surface area contributed by atoms with Gasteiger partial charge in [-0.1, -0.05) is 19.8 Å². The van der Waals surface area contributed by atoms with E-state index in [0.717, 1.165) is 29.8 Å². The zero-order valence-electron chi connectivity index (χ0n) is 10.5. The molecular formula is C14H26N2. The van der Waals surface area contributed by atoms with Crippen LogP contribution in [-0.4, -0.2) is 25.2 Å². The first kappa shape index (κ1) is 11.0. The highest BCUT2D eigenvalue weighted by atomic mass is 15.1. The summed E-state index contributed by atoms with van der Waals surface area (Å²) < 4.78 is 0. The van der Waals surface area contributed by atoms with Crippen LogP contribution in [0.1, 0.15) is 45.4 Å². The quantitative estimate of drug-likeness (QED) is 0.745. The standard InChI is InChI=1S/C14H26N2/c1-2-4-10-7-13(10)16-9-14-12-6-3-5-11(12)8-15-14/h10-16H,2-9H2,1H3. The third kappa shape index (κ3) is 2.14. The second kappa shape index (κ2) is 4.66. The van der Waals surface area contributed by atoms with E-state index in [4.69, 9.17) is 0 Å². The Morgan fingerprint density at radius 1 is 1.31 bits per heavy atom. The average molecular weight is 222 g/mol. The number of hydrogen-bond donors (Lipinski definition) is 2. The van der Waals surface area contributed by atoms with Crippen LogP contribution in [0.5, 0.6) is 0 Å². The van der Waals surface area contributed by atoms with Gasteiger partial charge in [-0.3, -0.25) is 0 Å². The maximum absolute atomic E-state index is 3.78. The van der Waals surface area contributed by atoms with Gasteiger partial charge in [0.15, 0.2) is 0 Å². The van der Waals surface area contributed by atoms with Gasteiger partial charge in [0.1, 0.15) is 0 Å². The van der Waals surface area contributed by atoms with Crippen LogP contribution in [0, 0.1) is 17.8 Å². The lowest BCUT2D eigenvalue weighted by Crippen LogP contribution is -2.39. The SMILES string of the molecule is CCCC1CC1NCC1NCC2CCCC21. The van der Waals surface area contributed by atoms with Crippen LogP contribution >= 0.6 is 0 Å². The molecule has 2 saturated carbocycles. The van der Waals surface area contributed by atoms with Crippen LogP contribution in [0.2, 0.25) is 0 Å². The van der Waals surface area contributed by atoms with Gasteiger partial charge in [0.05, 0.1) is 0 Å². The van der Waals surface area contributed by atoms with E-state index in [2.05, 4.69) is 17.6 Å². The van der Waals surface area contributed by atoms with Crippen LogP contribution in [0.25, 0.3) is 0 Å². The summed E-state index contributed by atoms with van der Waals surface area (Å²) in [6, 6.07) is 1.65. The van der Waals surface area contributed by atoms with Gasteiger partial charge in [-0.25, -0.2) is 0 Å². The molecule has 0 radical (unpaired) electrons. The lowest BCUT2D eigenvalue weighted by molar-refractivity contribution is 0.389. The van der Waals surface area contributed by atoms with Crippen LogP contribution in [0.15, 0.2) is 0 Å². The van der Waals surface area contributed by atoms with Crippen molar-refractivity contribution in [2.24, 2.45) is 17.8 Å². The molecule has 3 rings (SSSR count). The highest BCUT2D eigenvalue weighted by Gasteiger charge is 2.41. The third-order valence-corrected chi connectivity index (χ3v) is 5.06. The molecule has 1 aliphatic heterocycles. The van der Waals surface area contributed by atoms with Crippen molar-refractivity contribution < 1.29 is 0 Å². The molecule has 0 aromatic carbocycles. The van der Waals surface area contributed by atoms with Crippen molar-refractivity contribution in [2.75, 3.05) is 13.1 Å². The minimum atomic E-state index is 0.787. The van der Waals surface area contributed by atoms with E-state index in [1.807, 2.05) is 0 Å². The van der Waals surface area contributed by atoms with Gasteiger partial charge in [-0.05, 0) is 50.0 Å². The van der Waals surface area contributed by atoms with Gasteiger partial charge in [-0.2, -0.15) is 0 Å². The first-order chi connectivity index (χ1) is 7.88. The predicted octanol–water partition coefficient (Wildman–Crippen LogP) is 2.15. The third-order valence-electron chi connectivity index (χ3n) is 5.06.